The zero-order chi connectivity index (χ0) is 21.7. The van der Waals surface area contributed by atoms with Gasteiger partial charge in [0.05, 0.1) is 5.69 Å². The highest BCUT2D eigenvalue weighted by Crippen LogP contribution is 2.23. The molecule has 160 valence electrons. The lowest BCUT2D eigenvalue weighted by Crippen LogP contribution is -2.49. The van der Waals surface area contributed by atoms with Crippen molar-refractivity contribution in [3.8, 4) is 0 Å². The molecule has 2 aromatic carbocycles. The summed E-state index contributed by atoms with van der Waals surface area (Å²) in [5, 5.41) is 0. The summed E-state index contributed by atoms with van der Waals surface area (Å²) >= 11 is 0. The van der Waals surface area contributed by atoms with Gasteiger partial charge in [-0.05, 0) is 49.6 Å². The molecule has 0 aromatic heterocycles. The zero-order valence-corrected chi connectivity index (χ0v) is 18.0. The van der Waals surface area contributed by atoms with Crippen molar-refractivity contribution in [1.82, 2.24) is 9.80 Å². The minimum atomic E-state index is -0.398. The molecule has 1 aliphatic rings. The van der Waals surface area contributed by atoms with Gasteiger partial charge >= 0.3 is 0 Å². The molecule has 1 saturated heterocycles. The largest absolute Gasteiger partial charge is 0.375 e. The van der Waals surface area contributed by atoms with E-state index in [1.54, 1.807) is 31.1 Å². The van der Waals surface area contributed by atoms with E-state index in [4.69, 9.17) is 0 Å². The molecule has 0 saturated carbocycles. The Labute approximate surface area is 178 Å². The van der Waals surface area contributed by atoms with Gasteiger partial charge in [0.25, 0.3) is 11.8 Å². The van der Waals surface area contributed by atoms with Crippen LogP contribution in [0.15, 0.2) is 48.5 Å². The van der Waals surface area contributed by atoms with Gasteiger partial charge in [-0.2, -0.15) is 0 Å². The number of halogens is 1. The van der Waals surface area contributed by atoms with Gasteiger partial charge in [-0.15, -0.1) is 0 Å². The predicted octanol–water partition coefficient (Wildman–Crippen LogP) is 4.05. The fraction of sp³-hybridized carbons (Fsp3) is 0.417. The Morgan fingerprint density at radius 1 is 1.03 bits per heavy atom. The number of carbonyl (C=O) groups is 2. The molecule has 0 bridgehead atoms. The summed E-state index contributed by atoms with van der Waals surface area (Å²) in [5.41, 5.74) is 1.52. The maximum atomic E-state index is 14.4. The van der Waals surface area contributed by atoms with Crippen molar-refractivity contribution in [2.45, 2.75) is 32.2 Å². The van der Waals surface area contributed by atoms with Crippen LogP contribution in [-0.4, -0.2) is 61.4 Å². The van der Waals surface area contributed by atoms with Crippen molar-refractivity contribution < 1.29 is 14.0 Å². The molecule has 6 heteroatoms. The number of benzene rings is 2. The van der Waals surface area contributed by atoms with Crippen molar-refractivity contribution in [3.63, 3.8) is 0 Å². The fourth-order valence-corrected chi connectivity index (χ4v) is 4.00. The Balaban J connectivity index is 1.69. The number of rotatable bonds is 6. The van der Waals surface area contributed by atoms with Crippen LogP contribution in [0.1, 0.15) is 46.9 Å². The first-order valence-corrected chi connectivity index (χ1v) is 10.5. The van der Waals surface area contributed by atoms with Gasteiger partial charge in [0.2, 0.25) is 0 Å². The van der Waals surface area contributed by atoms with E-state index in [0.717, 1.165) is 19.3 Å². The molecule has 0 unspecified atom stereocenters. The summed E-state index contributed by atoms with van der Waals surface area (Å²) in [7, 11) is 3.54. The summed E-state index contributed by atoms with van der Waals surface area (Å²) in [6, 6.07) is 14.0. The Morgan fingerprint density at radius 3 is 2.27 bits per heavy atom. The number of amides is 2. The second-order valence-corrected chi connectivity index (χ2v) is 7.95. The van der Waals surface area contributed by atoms with Crippen LogP contribution in [0, 0.1) is 5.82 Å². The minimum absolute atomic E-state index is 0.0313. The maximum absolute atomic E-state index is 14.4. The highest BCUT2D eigenvalue weighted by Gasteiger charge is 2.30. The van der Waals surface area contributed by atoms with Crippen molar-refractivity contribution in [1.29, 1.82) is 0 Å². The Bertz CT molecular complexity index is 877. The van der Waals surface area contributed by atoms with Crippen LogP contribution in [-0.2, 0) is 0 Å². The first-order chi connectivity index (χ1) is 14.4. The number of piperidine rings is 1. The molecule has 1 heterocycles. The molecule has 3 rings (SSSR count). The van der Waals surface area contributed by atoms with E-state index in [9.17, 15) is 14.0 Å². The van der Waals surface area contributed by atoms with Crippen LogP contribution in [0.3, 0.4) is 0 Å². The summed E-state index contributed by atoms with van der Waals surface area (Å²) < 4.78 is 14.4. The van der Waals surface area contributed by atoms with Gasteiger partial charge in [0, 0.05) is 50.9 Å². The molecule has 5 nitrogen and oxygen atoms in total. The molecule has 0 radical (unpaired) electrons. The number of anilines is 1. The Hall–Kier alpha value is -2.89. The normalized spacial score (nSPS) is 14.5. The van der Waals surface area contributed by atoms with Crippen LogP contribution >= 0.6 is 0 Å². The summed E-state index contributed by atoms with van der Waals surface area (Å²) in [6.07, 6.45) is 2.28. The number of hydrogen-bond acceptors (Lipinski definition) is 3. The maximum Gasteiger partial charge on any atom is 0.254 e. The smallest absolute Gasteiger partial charge is 0.254 e. The standard InChI is InChI=1S/C24H30FN3O2/c1-4-14-28(24(30)19-10-11-22(26(2)3)21(25)17-19)20-12-15-27(16-13-20)23(29)18-8-6-5-7-9-18/h5-11,17,20H,4,12-16H2,1-3H3. The van der Waals surface area contributed by atoms with Gasteiger partial charge < -0.3 is 14.7 Å². The van der Waals surface area contributed by atoms with Crippen LogP contribution in [0.25, 0.3) is 0 Å². The van der Waals surface area contributed by atoms with Gasteiger partial charge in [-0.1, -0.05) is 25.1 Å². The highest BCUT2D eigenvalue weighted by molar-refractivity contribution is 5.95. The van der Waals surface area contributed by atoms with Gasteiger partial charge in [-0.25, -0.2) is 4.39 Å². The Morgan fingerprint density at radius 2 is 1.70 bits per heavy atom. The fourth-order valence-electron chi connectivity index (χ4n) is 4.00. The number of carbonyl (C=O) groups excluding carboxylic acids is 2. The van der Waals surface area contributed by atoms with E-state index in [0.29, 0.717) is 36.4 Å². The van der Waals surface area contributed by atoms with Crippen molar-refractivity contribution >= 4 is 17.5 Å². The van der Waals surface area contributed by atoms with Crippen LogP contribution in [0.5, 0.6) is 0 Å². The quantitative estimate of drug-likeness (QED) is 0.720. The SMILES string of the molecule is CCCN(C(=O)c1ccc(N(C)C)c(F)c1)C1CCN(C(=O)c2ccccc2)CC1. The second-order valence-electron chi connectivity index (χ2n) is 7.95. The van der Waals surface area contributed by atoms with Crippen molar-refractivity contribution in [3.05, 3.63) is 65.5 Å². The third-order valence-electron chi connectivity index (χ3n) is 5.62. The van der Waals surface area contributed by atoms with E-state index in [-0.39, 0.29) is 17.9 Å². The average Bonchev–Trinajstić information content (AvgIpc) is 2.77. The molecule has 1 fully saturated rings. The lowest BCUT2D eigenvalue weighted by molar-refractivity contribution is 0.0519. The van der Waals surface area contributed by atoms with E-state index in [2.05, 4.69) is 0 Å². The molecule has 0 spiro atoms. The molecule has 30 heavy (non-hydrogen) atoms. The molecule has 0 atom stereocenters. The topological polar surface area (TPSA) is 43.9 Å². The van der Waals surface area contributed by atoms with Crippen LogP contribution in [0.2, 0.25) is 0 Å². The van der Waals surface area contributed by atoms with Gasteiger partial charge in [0.1, 0.15) is 5.82 Å². The zero-order valence-electron chi connectivity index (χ0n) is 18.0. The average molecular weight is 412 g/mol. The van der Waals surface area contributed by atoms with Crippen LogP contribution < -0.4 is 4.90 Å². The van der Waals surface area contributed by atoms with Gasteiger partial charge in [0.15, 0.2) is 0 Å². The summed E-state index contributed by atoms with van der Waals surface area (Å²) in [6.45, 7) is 3.87. The number of hydrogen-bond donors (Lipinski definition) is 0. The Kier molecular flexibility index (Phi) is 7.08. The minimum Gasteiger partial charge on any atom is -0.375 e. The van der Waals surface area contributed by atoms with E-state index < -0.39 is 5.82 Å². The lowest BCUT2D eigenvalue weighted by Gasteiger charge is -2.38. The predicted molar refractivity (Wildman–Crippen MR) is 117 cm³/mol. The molecule has 2 amide bonds. The molecule has 2 aromatic rings. The van der Waals surface area contributed by atoms with E-state index in [1.807, 2.05) is 47.1 Å². The monoisotopic (exact) mass is 411 g/mol. The summed E-state index contributed by atoms with van der Waals surface area (Å²) in [5.74, 6) is -0.511. The second kappa shape index (κ2) is 9.74. The first kappa shape index (κ1) is 21.8. The highest BCUT2D eigenvalue weighted by atomic mass is 19.1. The first-order valence-electron chi connectivity index (χ1n) is 10.5. The van der Waals surface area contributed by atoms with E-state index in [1.165, 1.54) is 6.07 Å². The van der Waals surface area contributed by atoms with Crippen LogP contribution in [0.4, 0.5) is 10.1 Å². The lowest BCUT2D eigenvalue weighted by atomic mass is 10.0. The third kappa shape index (κ3) is 4.81. The van der Waals surface area contributed by atoms with Crippen molar-refractivity contribution in [2.75, 3.05) is 38.6 Å². The van der Waals surface area contributed by atoms with Gasteiger partial charge in [-0.3, -0.25) is 9.59 Å². The third-order valence-corrected chi connectivity index (χ3v) is 5.62. The molecule has 0 aliphatic carbocycles. The number of nitrogens with zero attached hydrogens (tertiary/aromatic N) is 3. The molecular formula is C24H30FN3O2. The molecule has 1 aliphatic heterocycles. The number of likely N-dealkylation sites (tertiary alicyclic amines) is 1. The molecule has 0 N–H and O–H groups in total. The molecular weight excluding hydrogens is 381 g/mol. The summed E-state index contributed by atoms with van der Waals surface area (Å²) in [4.78, 5) is 31.2. The van der Waals surface area contributed by atoms with E-state index >= 15 is 0 Å². The van der Waals surface area contributed by atoms with Crippen molar-refractivity contribution in [2.24, 2.45) is 0 Å².